The molecule has 1 aromatic rings. The van der Waals surface area contributed by atoms with Crippen molar-refractivity contribution < 1.29 is 0 Å². The number of rotatable bonds is 1. The first kappa shape index (κ1) is 4.12. The zero-order chi connectivity index (χ0) is 5.11. The Kier molecular flexibility index (Phi) is 0.941. The first-order chi connectivity index (χ1) is 3.43. The fourth-order valence-electron chi connectivity index (χ4n) is 0.359. The van der Waals surface area contributed by atoms with E-state index >= 15 is 0 Å². The summed E-state index contributed by atoms with van der Waals surface area (Å²) in [6, 6.07) is 1.80. The number of hydrogen-bond donors (Lipinski definition) is 1. The highest BCUT2D eigenvalue weighted by Gasteiger charge is 1.80. The lowest BCUT2D eigenvalue weighted by molar-refractivity contribution is 1.07. The van der Waals surface area contributed by atoms with Crippen LogP contribution < -0.4 is 0 Å². The van der Waals surface area contributed by atoms with Crippen molar-refractivity contribution >= 4 is 0 Å². The molecule has 1 heterocycles. The molecule has 0 fully saturated rings. The lowest BCUT2D eigenvalue weighted by Gasteiger charge is -1.68. The van der Waals surface area contributed by atoms with Crippen LogP contribution in [0, 0.1) is 6.08 Å². The van der Waals surface area contributed by atoms with Crippen molar-refractivity contribution in [3.63, 3.8) is 0 Å². The van der Waals surface area contributed by atoms with Crippen molar-refractivity contribution in [1.82, 2.24) is 10.2 Å². The van der Waals surface area contributed by atoms with Gasteiger partial charge in [-0.3, -0.25) is 5.10 Å². The van der Waals surface area contributed by atoms with E-state index in [4.69, 9.17) is 0 Å². The monoisotopic (exact) mass is 93.0 g/mol. The SMILES string of the molecule is C=[C]c1cc[nH]n1. The quantitative estimate of drug-likeness (QED) is 0.545. The number of nitrogens with zero attached hydrogens (tertiary/aromatic N) is 1. The molecular formula is C5H5N2. The van der Waals surface area contributed by atoms with Crippen LogP contribution >= 0.6 is 0 Å². The van der Waals surface area contributed by atoms with Crippen LogP contribution in [0.25, 0.3) is 0 Å². The van der Waals surface area contributed by atoms with E-state index in [1.807, 2.05) is 0 Å². The number of aromatic amines is 1. The van der Waals surface area contributed by atoms with Crippen molar-refractivity contribution in [3.8, 4) is 0 Å². The first-order valence-electron chi connectivity index (χ1n) is 1.96. The molecule has 0 spiro atoms. The second-order valence-electron chi connectivity index (χ2n) is 1.14. The molecule has 2 nitrogen and oxygen atoms in total. The van der Waals surface area contributed by atoms with Gasteiger partial charge in [-0.25, -0.2) is 0 Å². The van der Waals surface area contributed by atoms with E-state index in [-0.39, 0.29) is 0 Å². The predicted molar refractivity (Wildman–Crippen MR) is 26.6 cm³/mol. The average molecular weight is 93.1 g/mol. The molecule has 0 aromatic carbocycles. The van der Waals surface area contributed by atoms with Crippen molar-refractivity contribution in [2.75, 3.05) is 0 Å². The molecule has 0 aliphatic heterocycles. The Hall–Kier alpha value is -1.05. The summed E-state index contributed by atoms with van der Waals surface area (Å²) < 4.78 is 0. The van der Waals surface area contributed by atoms with Crippen LogP contribution in [-0.2, 0) is 0 Å². The van der Waals surface area contributed by atoms with Gasteiger partial charge in [0.2, 0.25) is 0 Å². The van der Waals surface area contributed by atoms with E-state index in [0.717, 1.165) is 5.69 Å². The van der Waals surface area contributed by atoms with Gasteiger partial charge in [-0.2, -0.15) is 5.10 Å². The largest absolute Gasteiger partial charge is 0.285 e. The summed E-state index contributed by atoms with van der Waals surface area (Å²) >= 11 is 0. The van der Waals surface area contributed by atoms with E-state index in [1.54, 1.807) is 12.3 Å². The Balaban J connectivity index is 2.96. The van der Waals surface area contributed by atoms with Gasteiger partial charge in [0.1, 0.15) is 0 Å². The van der Waals surface area contributed by atoms with Crippen LogP contribution in [0.3, 0.4) is 0 Å². The highest BCUT2D eigenvalue weighted by molar-refractivity contribution is 5.05. The molecule has 0 atom stereocenters. The van der Waals surface area contributed by atoms with Gasteiger partial charge >= 0.3 is 0 Å². The van der Waals surface area contributed by atoms with Crippen molar-refractivity contribution in [3.05, 3.63) is 30.6 Å². The maximum absolute atomic E-state index is 3.74. The second-order valence-corrected chi connectivity index (χ2v) is 1.14. The van der Waals surface area contributed by atoms with Gasteiger partial charge in [-0.15, -0.1) is 0 Å². The Morgan fingerprint density at radius 2 is 2.71 bits per heavy atom. The molecule has 2 heteroatoms. The van der Waals surface area contributed by atoms with Crippen LogP contribution in [0.4, 0.5) is 0 Å². The van der Waals surface area contributed by atoms with Crippen LogP contribution in [0.2, 0.25) is 0 Å². The highest BCUT2D eigenvalue weighted by Crippen LogP contribution is 1.86. The summed E-state index contributed by atoms with van der Waals surface area (Å²) in [5.41, 5.74) is 0.764. The lowest BCUT2D eigenvalue weighted by atomic mass is 10.4. The Morgan fingerprint density at radius 3 is 3.00 bits per heavy atom. The summed E-state index contributed by atoms with van der Waals surface area (Å²) in [5.74, 6) is 0. The minimum absolute atomic E-state index is 0.764. The molecule has 1 radical (unpaired) electrons. The summed E-state index contributed by atoms with van der Waals surface area (Å²) in [6.07, 6.45) is 4.34. The molecule has 35 valence electrons. The molecule has 7 heavy (non-hydrogen) atoms. The number of hydrogen-bond acceptors (Lipinski definition) is 1. The molecule has 0 bridgehead atoms. The third-order valence-electron chi connectivity index (χ3n) is 0.682. The van der Waals surface area contributed by atoms with E-state index in [1.165, 1.54) is 0 Å². The molecule has 1 aromatic heterocycles. The molecule has 0 aliphatic rings. The Labute approximate surface area is 41.9 Å². The standard InChI is InChI=1S/C5H5N2/c1-2-5-3-4-6-7-5/h3-4H,1H2,(H,6,7). The molecule has 0 amide bonds. The first-order valence-corrected chi connectivity index (χ1v) is 1.96. The normalized spacial score (nSPS) is 8.57. The summed E-state index contributed by atoms with van der Waals surface area (Å²) in [7, 11) is 0. The second kappa shape index (κ2) is 1.60. The maximum atomic E-state index is 3.74. The molecular weight excluding hydrogens is 88.1 g/mol. The number of aromatic nitrogens is 2. The van der Waals surface area contributed by atoms with Crippen LogP contribution in [-0.4, -0.2) is 10.2 Å². The fourth-order valence-corrected chi connectivity index (χ4v) is 0.359. The zero-order valence-corrected chi connectivity index (χ0v) is 3.81. The molecule has 0 saturated carbocycles. The van der Waals surface area contributed by atoms with Crippen molar-refractivity contribution in [1.29, 1.82) is 0 Å². The van der Waals surface area contributed by atoms with Gasteiger partial charge in [0.25, 0.3) is 0 Å². The van der Waals surface area contributed by atoms with Gasteiger partial charge in [0, 0.05) is 12.3 Å². The molecule has 0 aliphatic carbocycles. The molecule has 1 N–H and O–H groups in total. The molecule has 1 rings (SSSR count). The van der Waals surface area contributed by atoms with E-state index < -0.39 is 0 Å². The average Bonchev–Trinajstić information content (AvgIpc) is 2.14. The van der Waals surface area contributed by atoms with Gasteiger partial charge in [-0.05, 0) is 6.07 Å². The topological polar surface area (TPSA) is 28.7 Å². The van der Waals surface area contributed by atoms with Crippen molar-refractivity contribution in [2.45, 2.75) is 0 Å². The maximum Gasteiger partial charge on any atom is 0.0921 e. The molecule has 0 saturated heterocycles. The Morgan fingerprint density at radius 1 is 1.86 bits per heavy atom. The molecule has 0 unspecified atom stereocenters. The fraction of sp³-hybridized carbons (Fsp3) is 0. The van der Waals surface area contributed by atoms with Gasteiger partial charge in [-0.1, -0.05) is 6.58 Å². The van der Waals surface area contributed by atoms with Crippen LogP contribution in [0.1, 0.15) is 5.69 Å². The number of nitrogens with one attached hydrogen (secondary N) is 1. The van der Waals surface area contributed by atoms with Gasteiger partial charge < -0.3 is 0 Å². The summed E-state index contributed by atoms with van der Waals surface area (Å²) in [5, 5.41) is 6.36. The van der Waals surface area contributed by atoms with E-state index in [9.17, 15) is 0 Å². The predicted octanol–water partition coefficient (Wildman–Crippen LogP) is 0.747. The minimum atomic E-state index is 0.764. The third kappa shape index (κ3) is 0.682. The zero-order valence-electron chi connectivity index (χ0n) is 3.81. The minimum Gasteiger partial charge on any atom is -0.285 e. The van der Waals surface area contributed by atoms with Gasteiger partial charge in [0.15, 0.2) is 0 Å². The van der Waals surface area contributed by atoms with Crippen molar-refractivity contribution in [2.24, 2.45) is 0 Å². The third-order valence-corrected chi connectivity index (χ3v) is 0.682. The van der Waals surface area contributed by atoms with Gasteiger partial charge in [0.05, 0.1) is 5.69 Å². The summed E-state index contributed by atoms with van der Waals surface area (Å²) in [4.78, 5) is 0. The van der Waals surface area contributed by atoms with Crippen LogP contribution in [0.15, 0.2) is 18.8 Å². The highest BCUT2D eigenvalue weighted by atomic mass is 15.1. The lowest BCUT2D eigenvalue weighted by Crippen LogP contribution is -1.68. The smallest absolute Gasteiger partial charge is 0.0921 e. The summed E-state index contributed by atoms with van der Waals surface area (Å²) in [6.45, 7) is 3.40. The Bertz CT molecular complexity index is 141. The van der Waals surface area contributed by atoms with E-state index in [0.29, 0.717) is 0 Å². The van der Waals surface area contributed by atoms with Crippen LogP contribution in [0.5, 0.6) is 0 Å². The van der Waals surface area contributed by atoms with E-state index in [2.05, 4.69) is 22.9 Å². The number of H-pyrrole nitrogens is 1.